The highest BCUT2D eigenvalue weighted by Crippen LogP contribution is 2.36. The Morgan fingerprint density at radius 3 is 2.54 bits per heavy atom. The molecule has 1 amide bonds. The van der Waals surface area contributed by atoms with Gasteiger partial charge >= 0.3 is 5.97 Å². The first-order valence-corrected chi connectivity index (χ1v) is 12.0. The van der Waals surface area contributed by atoms with E-state index < -0.39 is 24.2 Å². The molecule has 2 heterocycles. The maximum Gasteiger partial charge on any atom is 0.326 e. The Balaban J connectivity index is 1.61. The van der Waals surface area contributed by atoms with E-state index in [0.29, 0.717) is 28.3 Å². The lowest BCUT2D eigenvalue weighted by atomic mass is 9.83. The lowest BCUT2D eigenvalue weighted by Crippen LogP contribution is -2.51. The summed E-state index contributed by atoms with van der Waals surface area (Å²) in [7, 11) is 3.08. The summed E-state index contributed by atoms with van der Waals surface area (Å²) in [6.45, 7) is 3.99. The molecule has 1 aromatic carbocycles. The molecule has 0 bridgehead atoms. The molecule has 1 aliphatic carbocycles. The van der Waals surface area contributed by atoms with Crippen molar-refractivity contribution in [3.8, 4) is 17.4 Å². The second-order valence-corrected chi connectivity index (χ2v) is 9.22. The van der Waals surface area contributed by atoms with Crippen molar-refractivity contribution in [2.75, 3.05) is 20.8 Å². The number of carboxylic acids is 1. The molecule has 9 nitrogen and oxygen atoms in total. The number of pyridine rings is 1. The van der Waals surface area contributed by atoms with Crippen LogP contribution in [0.1, 0.15) is 44.1 Å². The van der Waals surface area contributed by atoms with Crippen LogP contribution in [-0.4, -0.2) is 65.8 Å². The number of fused-ring (bicyclic) bond motifs is 1. The fraction of sp³-hybridized carbons (Fsp3) is 0.500. The van der Waals surface area contributed by atoms with E-state index in [1.165, 1.54) is 12.0 Å². The third-order valence-corrected chi connectivity index (χ3v) is 7.10. The van der Waals surface area contributed by atoms with Crippen LogP contribution in [0.3, 0.4) is 0 Å². The van der Waals surface area contributed by atoms with E-state index in [9.17, 15) is 14.7 Å². The molecule has 1 saturated carbocycles. The number of aromatic nitrogens is 1. The fourth-order valence-electron chi connectivity index (χ4n) is 5.18. The number of aliphatic carboxylic acids is 1. The number of hydrogen-bond acceptors (Lipinski definition) is 7. The quantitative estimate of drug-likeness (QED) is 0.586. The predicted molar refractivity (Wildman–Crippen MR) is 132 cm³/mol. The number of amides is 1. The standard InChI is InChI=1S/C26H33N3O6/c1-4-15-10-18-19(12-21(15)33-2)28-23(34-3)13-22(18)35-17-11-20(26(31)32)29(14-17)25(30)24(27)16-8-6-5-7-9-16/h4,10,12-13,16-17,20,24H,1,5-9,11,14,27H2,2-3H3,(H,31,32)/t17-,20+,24+/m1/s1. The minimum absolute atomic E-state index is 0.0892. The number of carbonyl (C=O) groups is 2. The van der Waals surface area contributed by atoms with Crippen molar-refractivity contribution >= 4 is 28.9 Å². The molecule has 2 aromatic rings. The van der Waals surface area contributed by atoms with Crippen LogP contribution >= 0.6 is 0 Å². The summed E-state index contributed by atoms with van der Waals surface area (Å²) in [5, 5.41) is 10.5. The number of likely N-dealkylation sites (tertiary alicyclic amines) is 1. The van der Waals surface area contributed by atoms with Gasteiger partial charge in [-0.15, -0.1) is 0 Å². The highest BCUT2D eigenvalue weighted by atomic mass is 16.5. The second-order valence-electron chi connectivity index (χ2n) is 9.22. The van der Waals surface area contributed by atoms with Gasteiger partial charge in [0.2, 0.25) is 11.8 Å². The molecular weight excluding hydrogens is 450 g/mol. The predicted octanol–water partition coefficient (Wildman–Crippen LogP) is 3.24. The molecule has 35 heavy (non-hydrogen) atoms. The van der Waals surface area contributed by atoms with Gasteiger partial charge in [0.05, 0.1) is 32.3 Å². The average Bonchev–Trinajstić information content (AvgIpc) is 3.31. The summed E-state index contributed by atoms with van der Waals surface area (Å²) in [6, 6.07) is 3.61. The van der Waals surface area contributed by atoms with E-state index in [1.807, 2.05) is 6.07 Å². The van der Waals surface area contributed by atoms with Crippen molar-refractivity contribution in [3.05, 3.63) is 30.3 Å². The van der Waals surface area contributed by atoms with Crippen molar-refractivity contribution in [3.63, 3.8) is 0 Å². The minimum atomic E-state index is -1.06. The number of rotatable bonds is 8. The van der Waals surface area contributed by atoms with Crippen molar-refractivity contribution in [2.45, 2.75) is 56.7 Å². The normalized spacial score (nSPS) is 21.5. The van der Waals surface area contributed by atoms with Gasteiger partial charge in [-0.05, 0) is 24.8 Å². The lowest BCUT2D eigenvalue weighted by Gasteiger charge is -2.31. The summed E-state index contributed by atoms with van der Waals surface area (Å²) < 4.78 is 17.1. The Hall–Kier alpha value is -3.33. The molecule has 3 N–H and O–H groups in total. The van der Waals surface area contributed by atoms with Crippen molar-refractivity contribution in [1.82, 2.24) is 9.88 Å². The Labute approximate surface area is 204 Å². The smallest absolute Gasteiger partial charge is 0.326 e. The van der Waals surface area contributed by atoms with Crippen LogP contribution in [0.25, 0.3) is 17.0 Å². The summed E-state index contributed by atoms with van der Waals surface area (Å²) in [5.41, 5.74) is 7.70. The maximum atomic E-state index is 13.3. The zero-order chi connectivity index (χ0) is 25.1. The number of nitrogens with zero attached hydrogens (tertiary/aromatic N) is 2. The largest absolute Gasteiger partial charge is 0.496 e. The molecule has 1 aromatic heterocycles. The number of carbonyl (C=O) groups excluding carboxylic acids is 1. The SMILES string of the molecule is C=Cc1cc2c(O[C@@H]3C[C@@H](C(=O)O)N(C(=O)[C@@H](N)C4CCCCC4)C3)cc(OC)nc2cc1OC. The number of hydrogen-bond donors (Lipinski definition) is 2. The molecule has 9 heteroatoms. The molecule has 0 spiro atoms. The Morgan fingerprint density at radius 1 is 1.17 bits per heavy atom. The van der Waals surface area contributed by atoms with Gasteiger partial charge in [-0.3, -0.25) is 4.79 Å². The number of ether oxygens (including phenoxy) is 3. The molecule has 188 valence electrons. The van der Waals surface area contributed by atoms with Crippen LogP contribution in [-0.2, 0) is 9.59 Å². The molecule has 0 radical (unpaired) electrons. The molecule has 4 rings (SSSR count). The van der Waals surface area contributed by atoms with Crippen molar-refractivity contribution in [1.29, 1.82) is 0 Å². The van der Waals surface area contributed by atoms with Gasteiger partial charge in [-0.2, -0.15) is 0 Å². The van der Waals surface area contributed by atoms with Gasteiger partial charge < -0.3 is 30.0 Å². The van der Waals surface area contributed by atoms with Crippen LogP contribution in [0.5, 0.6) is 17.4 Å². The fourth-order valence-corrected chi connectivity index (χ4v) is 5.18. The van der Waals surface area contributed by atoms with E-state index >= 15 is 0 Å². The van der Waals surface area contributed by atoms with E-state index in [2.05, 4.69) is 11.6 Å². The Morgan fingerprint density at radius 2 is 1.91 bits per heavy atom. The van der Waals surface area contributed by atoms with Gasteiger partial charge in [0, 0.05) is 29.5 Å². The second kappa shape index (κ2) is 10.5. The summed E-state index contributed by atoms with van der Waals surface area (Å²) in [4.78, 5) is 31.1. The molecule has 3 atom stereocenters. The summed E-state index contributed by atoms with van der Waals surface area (Å²) in [6.07, 6.45) is 6.36. The summed E-state index contributed by atoms with van der Waals surface area (Å²) >= 11 is 0. The highest BCUT2D eigenvalue weighted by Gasteiger charge is 2.43. The minimum Gasteiger partial charge on any atom is -0.496 e. The van der Waals surface area contributed by atoms with Gasteiger partial charge in [-0.25, -0.2) is 9.78 Å². The third-order valence-electron chi connectivity index (χ3n) is 7.10. The molecule has 2 fully saturated rings. The summed E-state index contributed by atoms with van der Waals surface area (Å²) in [5.74, 6) is 0.159. The first kappa shape index (κ1) is 24.8. The first-order valence-electron chi connectivity index (χ1n) is 12.0. The monoisotopic (exact) mass is 483 g/mol. The number of nitrogens with two attached hydrogens (primary N) is 1. The zero-order valence-corrected chi connectivity index (χ0v) is 20.2. The maximum absolute atomic E-state index is 13.3. The van der Waals surface area contributed by atoms with Crippen LogP contribution < -0.4 is 19.9 Å². The average molecular weight is 484 g/mol. The van der Waals surface area contributed by atoms with Crippen LogP contribution in [0.2, 0.25) is 0 Å². The zero-order valence-electron chi connectivity index (χ0n) is 20.2. The number of benzene rings is 1. The number of methoxy groups -OCH3 is 2. The van der Waals surface area contributed by atoms with Gasteiger partial charge in [0.25, 0.3) is 0 Å². The van der Waals surface area contributed by atoms with Crippen LogP contribution in [0.4, 0.5) is 0 Å². The molecular formula is C26H33N3O6. The van der Waals surface area contributed by atoms with Crippen LogP contribution in [0.15, 0.2) is 24.8 Å². The van der Waals surface area contributed by atoms with E-state index in [1.54, 1.807) is 25.3 Å². The van der Waals surface area contributed by atoms with Gasteiger partial charge in [0.1, 0.15) is 23.6 Å². The molecule has 0 unspecified atom stereocenters. The Kier molecular flexibility index (Phi) is 7.45. The molecule has 1 saturated heterocycles. The highest BCUT2D eigenvalue weighted by molar-refractivity contribution is 5.90. The number of carboxylic acid groups (broad SMARTS) is 1. The Bertz CT molecular complexity index is 1110. The topological polar surface area (TPSA) is 124 Å². The molecule has 2 aliphatic rings. The van der Waals surface area contributed by atoms with Crippen LogP contribution in [0, 0.1) is 5.92 Å². The van der Waals surface area contributed by atoms with Gasteiger partial charge in [-0.1, -0.05) is 31.9 Å². The third kappa shape index (κ3) is 5.05. The first-order chi connectivity index (χ1) is 16.9. The van der Waals surface area contributed by atoms with Gasteiger partial charge in [0.15, 0.2) is 0 Å². The van der Waals surface area contributed by atoms with E-state index in [4.69, 9.17) is 19.9 Å². The van der Waals surface area contributed by atoms with E-state index in [-0.39, 0.29) is 24.8 Å². The lowest BCUT2D eigenvalue weighted by molar-refractivity contribution is -0.149. The van der Waals surface area contributed by atoms with Crippen molar-refractivity contribution in [2.24, 2.45) is 11.7 Å². The molecule has 1 aliphatic heterocycles. The van der Waals surface area contributed by atoms with E-state index in [0.717, 1.165) is 37.7 Å². The van der Waals surface area contributed by atoms with Crippen molar-refractivity contribution < 1.29 is 28.9 Å².